The maximum absolute atomic E-state index is 5.58. The van der Waals surface area contributed by atoms with E-state index in [-0.39, 0.29) is 0 Å². The summed E-state index contributed by atoms with van der Waals surface area (Å²) >= 11 is 1.91. The SMILES string of the molecule is CSCCCNCCCOCC1CCCO1. The lowest BCUT2D eigenvalue weighted by atomic mass is 10.2. The zero-order valence-corrected chi connectivity index (χ0v) is 11.2. The molecule has 0 spiro atoms. The summed E-state index contributed by atoms with van der Waals surface area (Å²) in [5, 5.41) is 3.42. The molecule has 96 valence electrons. The summed E-state index contributed by atoms with van der Waals surface area (Å²) in [6, 6.07) is 0. The van der Waals surface area contributed by atoms with Crippen molar-refractivity contribution in [2.45, 2.75) is 31.8 Å². The van der Waals surface area contributed by atoms with Gasteiger partial charge in [-0.15, -0.1) is 0 Å². The molecule has 1 aliphatic heterocycles. The molecule has 1 saturated heterocycles. The lowest BCUT2D eigenvalue weighted by Crippen LogP contribution is -2.20. The number of hydrogen-bond donors (Lipinski definition) is 1. The molecule has 4 heteroatoms. The number of hydrogen-bond acceptors (Lipinski definition) is 4. The van der Waals surface area contributed by atoms with E-state index in [2.05, 4.69) is 11.6 Å². The van der Waals surface area contributed by atoms with Crippen LogP contribution in [0.1, 0.15) is 25.7 Å². The van der Waals surface area contributed by atoms with Crippen LogP contribution in [-0.4, -0.2) is 51.0 Å². The fourth-order valence-electron chi connectivity index (χ4n) is 1.76. The first-order chi connectivity index (χ1) is 7.93. The molecule has 1 atom stereocenters. The Labute approximate surface area is 104 Å². The van der Waals surface area contributed by atoms with Crippen molar-refractivity contribution in [2.75, 3.05) is 44.9 Å². The van der Waals surface area contributed by atoms with Crippen LogP contribution in [0, 0.1) is 0 Å². The smallest absolute Gasteiger partial charge is 0.0809 e. The molecule has 16 heavy (non-hydrogen) atoms. The lowest BCUT2D eigenvalue weighted by molar-refractivity contribution is 0.0166. The average molecular weight is 247 g/mol. The molecule has 1 unspecified atom stereocenters. The molecule has 1 fully saturated rings. The molecule has 0 bridgehead atoms. The van der Waals surface area contributed by atoms with Crippen molar-refractivity contribution < 1.29 is 9.47 Å². The summed E-state index contributed by atoms with van der Waals surface area (Å²) in [5.41, 5.74) is 0. The number of nitrogens with one attached hydrogen (secondary N) is 1. The van der Waals surface area contributed by atoms with Crippen LogP contribution in [-0.2, 0) is 9.47 Å². The molecule has 1 aliphatic rings. The number of ether oxygens (including phenoxy) is 2. The Morgan fingerprint density at radius 2 is 2.25 bits per heavy atom. The third kappa shape index (κ3) is 7.49. The van der Waals surface area contributed by atoms with Crippen LogP contribution in [0.15, 0.2) is 0 Å². The number of rotatable bonds is 10. The Morgan fingerprint density at radius 1 is 1.38 bits per heavy atom. The standard InChI is InChI=1S/C12H25NO2S/c1-16-10-4-7-13-6-3-8-14-11-12-5-2-9-15-12/h12-13H,2-11H2,1H3. The minimum Gasteiger partial charge on any atom is -0.379 e. The van der Waals surface area contributed by atoms with Gasteiger partial charge in [0.1, 0.15) is 0 Å². The highest BCUT2D eigenvalue weighted by molar-refractivity contribution is 7.98. The summed E-state index contributed by atoms with van der Waals surface area (Å²) in [4.78, 5) is 0. The van der Waals surface area contributed by atoms with E-state index in [0.717, 1.165) is 39.3 Å². The highest BCUT2D eigenvalue weighted by atomic mass is 32.2. The minimum absolute atomic E-state index is 0.370. The van der Waals surface area contributed by atoms with Crippen molar-refractivity contribution in [3.05, 3.63) is 0 Å². The van der Waals surface area contributed by atoms with Crippen LogP contribution in [0.5, 0.6) is 0 Å². The van der Waals surface area contributed by atoms with Crippen LogP contribution in [0.4, 0.5) is 0 Å². The summed E-state index contributed by atoms with van der Waals surface area (Å²) in [6.45, 7) is 4.76. The third-order valence-corrected chi connectivity index (χ3v) is 3.37. The quantitative estimate of drug-likeness (QED) is 0.597. The van der Waals surface area contributed by atoms with Crippen LogP contribution >= 0.6 is 11.8 Å². The van der Waals surface area contributed by atoms with Crippen LogP contribution < -0.4 is 5.32 Å². The van der Waals surface area contributed by atoms with E-state index in [1.165, 1.54) is 25.0 Å². The van der Waals surface area contributed by atoms with E-state index in [1.807, 2.05) is 11.8 Å². The first-order valence-electron chi connectivity index (χ1n) is 6.32. The molecule has 1 rings (SSSR count). The third-order valence-electron chi connectivity index (χ3n) is 2.67. The number of thioether (sulfide) groups is 1. The second-order valence-corrected chi connectivity index (χ2v) is 5.15. The fourth-order valence-corrected chi connectivity index (χ4v) is 2.19. The summed E-state index contributed by atoms with van der Waals surface area (Å²) in [6.07, 6.45) is 7.26. The van der Waals surface area contributed by atoms with E-state index in [1.54, 1.807) is 0 Å². The zero-order valence-electron chi connectivity index (χ0n) is 10.4. The molecular formula is C12H25NO2S. The van der Waals surface area contributed by atoms with Crippen LogP contribution in [0.2, 0.25) is 0 Å². The Bertz CT molecular complexity index is 152. The predicted octanol–water partition coefficient (Wildman–Crippen LogP) is 1.91. The fraction of sp³-hybridized carbons (Fsp3) is 1.00. The van der Waals surface area contributed by atoms with Gasteiger partial charge in [-0.1, -0.05) is 0 Å². The Hall–Kier alpha value is 0.230. The second kappa shape index (κ2) is 10.4. The van der Waals surface area contributed by atoms with Crippen molar-refractivity contribution in [3.8, 4) is 0 Å². The molecule has 0 aromatic rings. The van der Waals surface area contributed by atoms with Gasteiger partial charge in [-0.2, -0.15) is 11.8 Å². The van der Waals surface area contributed by atoms with Gasteiger partial charge in [0.15, 0.2) is 0 Å². The van der Waals surface area contributed by atoms with Crippen LogP contribution in [0.25, 0.3) is 0 Å². The molecule has 0 amide bonds. The highest BCUT2D eigenvalue weighted by Gasteiger charge is 2.14. The van der Waals surface area contributed by atoms with E-state index in [4.69, 9.17) is 9.47 Å². The molecular weight excluding hydrogens is 222 g/mol. The van der Waals surface area contributed by atoms with Gasteiger partial charge in [0.05, 0.1) is 12.7 Å². The molecule has 1 heterocycles. The normalized spacial score (nSPS) is 20.4. The molecule has 0 aliphatic carbocycles. The second-order valence-electron chi connectivity index (χ2n) is 4.16. The van der Waals surface area contributed by atoms with Gasteiger partial charge in [-0.3, -0.25) is 0 Å². The van der Waals surface area contributed by atoms with Gasteiger partial charge in [0, 0.05) is 13.2 Å². The van der Waals surface area contributed by atoms with Crippen molar-refractivity contribution in [2.24, 2.45) is 0 Å². The van der Waals surface area contributed by atoms with E-state index in [0.29, 0.717) is 6.10 Å². The summed E-state index contributed by atoms with van der Waals surface area (Å²) in [7, 11) is 0. The van der Waals surface area contributed by atoms with Gasteiger partial charge in [0.25, 0.3) is 0 Å². The van der Waals surface area contributed by atoms with Crippen molar-refractivity contribution >= 4 is 11.8 Å². The van der Waals surface area contributed by atoms with Gasteiger partial charge < -0.3 is 14.8 Å². The Morgan fingerprint density at radius 3 is 3.00 bits per heavy atom. The predicted molar refractivity (Wildman–Crippen MR) is 70.3 cm³/mol. The molecule has 0 saturated carbocycles. The topological polar surface area (TPSA) is 30.5 Å². The van der Waals surface area contributed by atoms with E-state index in [9.17, 15) is 0 Å². The minimum atomic E-state index is 0.370. The van der Waals surface area contributed by atoms with E-state index >= 15 is 0 Å². The maximum Gasteiger partial charge on any atom is 0.0809 e. The zero-order chi connectivity index (χ0) is 11.5. The molecule has 0 aromatic heterocycles. The maximum atomic E-state index is 5.58. The highest BCUT2D eigenvalue weighted by Crippen LogP contribution is 2.11. The first kappa shape index (κ1) is 14.3. The van der Waals surface area contributed by atoms with Gasteiger partial charge >= 0.3 is 0 Å². The van der Waals surface area contributed by atoms with Crippen LogP contribution in [0.3, 0.4) is 0 Å². The van der Waals surface area contributed by atoms with Gasteiger partial charge in [0.2, 0.25) is 0 Å². The van der Waals surface area contributed by atoms with Gasteiger partial charge in [-0.25, -0.2) is 0 Å². The van der Waals surface area contributed by atoms with Crippen molar-refractivity contribution in [1.82, 2.24) is 5.32 Å². The largest absolute Gasteiger partial charge is 0.379 e. The Balaban J connectivity index is 1.71. The van der Waals surface area contributed by atoms with E-state index < -0.39 is 0 Å². The van der Waals surface area contributed by atoms with Gasteiger partial charge in [-0.05, 0) is 50.8 Å². The average Bonchev–Trinajstić information content (AvgIpc) is 2.80. The molecule has 0 radical (unpaired) electrons. The molecule has 3 nitrogen and oxygen atoms in total. The monoisotopic (exact) mass is 247 g/mol. The molecule has 1 N–H and O–H groups in total. The summed E-state index contributed by atoms with van der Waals surface area (Å²) < 4.78 is 11.1. The van der Waals surface area contributed by atoms with Crippen molar-refractivity contribution in [3.63, 3.8) is 0 Å². The lowest BCUT2D eigenvalue weighted by Gasteiger charge is -2.10. The Kier molecular flexibility index (Phi) is 9.28. The molecule has 0 aromatic carbocycles. The first-order valence-corrected chi connectivity index (χ1v) is 7.72. The van der Waals surface area contributed by atoms with Crippen molar-refractivity contribution in [1.29, 1.82) is 0 Å². The summed E-state index contributed by atoms with van der Waals surface area (Å²) in [5.74, 6) is 1.25.